The lowest BCUT2D eigenvalue weighted by atomic mass is 10.0. The molecule has 1 atom stereocenters. The Balaban J connectivity index is 2.35. The number of nitrogens with two attached hydrogens (primary N) is 1. The zero-order chi connectivity index (χ0) is 11.3. The van der Waals surface area contributed by atoms with Crippen LogP contribution in [0.2, 0.25) is 0 Å². The van der Waals surface area contributed by atoms with E-state index >= 15 is 0 Å². The number of halogens is 1. The van der Waals surface area contributed by atoms with Crippen LogP contribution in [-0.2, 0) is 0 Å². The molecule has 1 unspecified atom stereocenters. The third kappa shape index (κ3) is 4.64. The molecule has 0 heterocycles. The summed E-state index contributed by atoms with van der Waals surface area (Å²) in [4.78, 5) is 1.02. The third-order valence-corrected chi connectivity index (χ3v) is 3.13. The van der Waals surface area contributed by atoms with Crippen molar-refractivity contribution < 1.29 is 9.50 Å². The summed E-state index contributed by atoms with van der Waals surface area (Å²) in [5.74, 6) is 0.595. The molecule has 0 saturated carbocycles. The fourth-order valence-electron chi connectivity index (χ4n) is 1.01. The Bertz CT molecular complexity index is 300. The molecule has 1 rings (SSSR count). The van der Waals surface area contributed by atoms with Gasteiger partial charge in [0.25, 0.3) is 0 Å². The zero-order valence-electron chi connectivity index (χ0n) is 8.74. The monoisotopic (exact) mass is 229 g/mol. The third-order valence-electron chi connectivity index (χ3n) is 2.12. The van der Waals surface area contributed by atoms with E-state index in [9.17, 15) is 4.39 Å². The summed E-state index contributed by atoms with van der Waals surface area (Å²) in [6.45, 7) is 1.80. The van der Waals surface area contributed by atoms with Crippen molar-refractivity contribution in [3.8, 4) is 0 Å². The maximum absolute atomic E-state index is 12.6. The van der Waals surface area contributed by atoms with Crippen LogP contribution in [-0.4, -0.2) is 23.0 Å². The van der Waals surface area contributed by atoms with Crippen LogP contribution < -0.4 is 5.73 Å². The Kier molecular flexibility index (Phi) is 4.57. The van der Waals surface area contributed by atoms with Crippen molar-refractivity contribution in [2.75, 3.05) is 12.4 Å². The minimum absolute atomic E-state index is 0.0169. The highest BCUT2D eigenvalue weighted by molar-refractivity contribution is 7.99. The summed E-state index contributed by atoms with van der Waals surface area (Å²) < 4.78 is 12.6. The maximum Gasteiger partial charge on any atom is 0.123 e. The summed E-state index contributed by atoms with van der Waals surface area (Å²) in [6.07, 6.45) is 0.728. The fourth-order valence-corrected chi connectivity index (χ4v) is 2.14. The average molecular weight is 229 g/mol. The molecule has 0 aliphatic carbocycles. The van der Waals surface area contributed by atoms with Crippen LogP contribution in [0.15, 0.2) is 29.2 Å². The predicted octanol–water partition coefficient (Wildman–Crippen LogP) is 2.02. The molecular weight excluding hydrogens is 213 g/mol. The van der Waals surface area contributed by atoms with Crippen molar-refractivity contribution in [1.82, 2.24) is 0 Å². The van der Waals surface area contributed by atoms with Gasteiger partial charge in [-0.15, -0.1) is 11.8 Å². The van der Waals surface area contributed by atoms with Gasteiger partial charge in [0.1, 0.15) is 5.82 Å². The smallest absolute Gasteiger partial charge is 0.123 e. The summed E-state index contributed by atoms with van der Waals surface area (Å²) in [6, 6.07) is 6.37. The lowest BCUT2D eigenvalue weighted by molar-refractivity contribution is 0.206. The first kappa shape index (κ1) is 12.5. The van der Waals surface area contributed by atoms with Gasteiger partial charge >= 0.3 is 0 Å². The van der Waals surface area contributed by atoms with Gasteiger partial charge in [-0.2, -0.15) is 0 Å². The quantitative estimate of drug-likeness (QED) is 0.759. The Labute approximate surface area is 93.7 Å². The van der Waals surface area contributed by atoms with Crippen LogP contribution in [0, 0.1) is 5.82 Å². The van der Waals surface area contributed by atoms with Crippen molar-refractivity contribution in [1.29, 1.82) is 0 Å². The molecule has 0 fully saturated rings. The Morgan fingerprint density at radius 1 is 1.40 bits per heavy atom. The number of hydrogen-bond donors (Lipinski definition) is 2. The van der Waals surface area contributed by atoms with Crippen molar-refractivity contribution >= 4 is 11.8 Å². The zero-order valence-corrected chi connectivity index (χ0v) is 9.56. The Hall–Kier alpha value is -0.580. The average Bonchev–Trinajstić information content (AvgIpc) is 2.21. The first-order valence-corrected chi connectivity index (χ1v) is 5.80. The van der Waals surface area contributed by atoms with Crippen LogP contribution in [0.5, 0.6) is 0 Å². The summed E-state index contributed by atoms with van der Waals surface area (Å²) in [5.41, 5.74) is 5.26. The summed E-state index contributed by atoms with van der Waals surface area (Å²) in [5, 5.41) is 8.94. The molecule has 84 valence electrons. The van der Waals surface area contributed by atoms with Crippen LogP contribution in [0.25, 0.3) is 0 Å². The molecule has 0 aliphatic rings. The first-order chi connectivity index (χ1) is 7.03. The molecule has 0 aromatic heterocycles. The minimum atomic E-state index is -0.521. The topological polar surface area (TPSA) is 46.2 Å². The molecule has 0 saturated heterocycles. The van der Waals surface area contributed by atoms with E-state index in [-0.39, 0.29) is 12.4 Å². The van der Waals surface area contributed by atoms with Gasteiger partial charge in [-0.1, -0.05) is 0 Å². The predicted molar refractivity (Wildman–Crippen MR) is 61.4 cm³/mol. The molecular formula is C11H16FNOS. The molecule has 15 heavy (non-hydrogen) atoms. The molecule has 1 aromatic rings. The lowest BCUT2D eigenvalue weighted by Gasteiger charge is -2.20. The second-order valence-electron chi connectivity index (χ2n) is 3.86. The van der Waals surface area contributed by atoms with E-state index in [0.717, 1.165) is 17.1 Å². The molecule has 0 spiro atoms. The van der Waals surface area contributed by atoms with Crippen LogP contribution in [0.3, 0.4) is 0 Å². The highest BCUT2D eigenvalue weighted by atomic mass is 32.2. The largest absolute Gasteiger partial charge is 0.394 e. The van der Waals surface area contributed by atoms with Gasteiger partial charge < -0.3 is 10.8 Å². The Morgan fingerprint density at radius 3 is 2.53 bits per heavy atom. The highest BCUT2D eigenvalue weighted by Crippen LogP contribution is 2.21. The number of rotatable bonds is 5. The lowest BCUT2D eigenvalue weighted by Crippen LogP contribution is -2.40. The summed E-state index contributed by atoms with van der Waals surface area (Å²) >= 11 is 1.61. The normalized spacial score (nSPS) is 14.9. The van der Waals surface area contributed by atoms with Gasteiger partial charge in [-0.3, -0.25) is 0 Å². The minimum Gasteiger partial charge on any atom is -0.394 e. The second kappa shape index (κ2) is 5.49. The van der Waals surface area contributed by atoms with Crippen LogP contribution in [0.1, 0.15) is 13.3 Å². The van der Waals surface area contributed by atoms with Crippen LogP contribution >= 0.6 is 11.8 Å². The molecule has 0 amide bonds. The number of thioether (sulfide) groups is 1. The van der Waals surface area contributed by atoms with E-state index in [1.165, 1.54) is 12.1 Å². The molecule has 0 radical (unpaired) electrons. The van der Waals surface area contributed by atoms with E-state index in [1.807, 2.05) is 6.92 Å². The molecule has 2 nitrogen and oxygen atoms in total. The molecule has 4 heteroatoms. The van der Waals surface area contributed by atoms with Crippen molar-refractivity contribution in [3.05, 3.63) is 30.1 Å². The van der Waals surface area contributed by atoms with Crippen LogP contribution in [0.4, 0.5) is 4.39 Å². The molecule has 0 bridgehead atoms. The van der Waals surface area contributed by atoms with Crippen molar-refractivity contribution in [2.24, 2.45) is 5.73 Å². The second-order valence-corrected chi connectivity index (χ2v) is 5.03. The van der Waals surface area contributed by atoms with E-state index in [1.54, 1.807) is 23.9 Å². The summed E-state index contributed by atoms with van der Waals surface area (Å²) in [7, 11) is 0. The van der Waals surface area contributed by atoms with Gasteiger partial charge in [-0.25, -0.2) is 4.39 Å². The maximum atomic E-state index is 12.6. The fraction of sp³-hybridized carbons (Fsp3) is 0.455. The van der Waals surface area contributed by atoms with Crippen molar-refractivity contribution in [3.63, 3.8) is 0 Å². The van der Waals surface area contributed by atoms with E-state index in [0.29, 0.717) is 0 Å². The number of aliphatic hydroxyl groups is 1. The molecule has 1 aromatic carbocycles. The Morgan fingerprint density at radius 2 is 2.00 bits per heavy atom. The number of hydrogen-bond acceptors (Lipinski definition) is 3. The highest BCUT2D eigenvalue weighted by Gasteiger charge is 2.16. The number of benzene rings is 1. The van der Waals surface area contributed by atoms with E-state index < -0.39 is 5.54 Å². The van der Waals surface area contributed by atoms with Gasteiger partial charge in [0.15, 0.2) is 0 Å². The molecule has 3 N–H and O–H groups in total. The van der Waals surface area contributed by atoms with Gasteiger partial charge in [-0.05, 0) is 43.4 Å². The van der Waals surface area contributed by atoms with Gasteiger partial charge in [0.05, 0.1) is 6.61 Å². The first-order valence-electron chi connectivity index (χ1n) is 4.82. The van der Waals surface area contributed by atoms with Gasteiger partial charge in [0.2, 0.25) is 0 Å². The number of aliphatic hydroxyl groups excluding tert-OH is 1. The molecule has 0 aliphatic heterocycles. The SMILES string of the molecule is CC(N)(CO)CCSc1ccc(F)cc1. The van der Waals surface area contributed by atoms with E-state index in [2.05, 4.69) is 0 Å². The standard InChI is InChI=1S/C11H16FNOS/c1-11(13,8-14)6-7-15-10-4-2-9(12)3-5-10/h2-5,14H,6-8,13H2,1H3. The van der Waals surface area contributed by atoms with E-state index in [4.69, 9.17) is 10.8 Å². The van der Waals surface area contributed by atoms with Crippen molar-refractivity contribution in [2.45, 2.75) is 23.8 Å². The van der Waals surface area contributed by atoms with Gasteiger partial charge in [0, 0.05) is 10.4 Å².